The average Bonchev–Trinajstić information content (AvgIpc) is 2.86. The van der Waals surface area contributed by atoms with E-state index in [0.717, 1.165) is 10.0 Å². The quantitative estimate of drug-likeness (QED) is 0.490. The molecule has 3 aromatic carbocycles. The molecule has 0 radical (unpaired) electrons. The summed E-state index contributed by atoms with van der Waals surface area (Å²) in [5, 5.41) is 8.39. The first-order valence-corrected chi connectivity index (χ1v) is 9.76. The second kappa shape index (κ2) is 8.28. The Balaban J connectivity index is 1.57. The van der Waals surface area contributed by atoms with E-state index in [-0.39, 0.29) is 18.4 Å². The van der Waals surface area contributed by atoms with Gasteiger partial charge in [0, 0.05) is 15.8 Å². The van der Waals surface area contributed by atoms with E-state index in [2.05, 4.69) is 36.9 Å². The molecular formula is C22H17BrN4O2. The van der Waals surface area contributed by atoms with Gasteiger partial charge >= 0.3 is 6.03 Å². The summed E-state index contributed by atoms with van der Waals surface area (Å²) in [7, 11) is 0. The number of urea groups is 1. The molecule has 0 aromatic heterocycles. The number of rotatable bonds is 3. The lowest BCUT2D eigenvalue weighted by Crippen LogP contribution is -2.19. The molecule has 1 heterocycles. The van der Waals surface area contributed by atoms with Gasteiger partial charge in [-0.05, 0) is 48.0 Å². The summed E-state index contributed by atoms with van der Waals surface area (Å²) in [6, 6.07) is 21.7. The third-order valence-electron chi connectivity index (χ3n) is 4.30. The van der Waals surface area contributed by atoms with Crippen molar-refractivity contribution >= 4 is 56.3 Å². The number of amides is 3. The van der Waals surface area contributed by atoms with Gasteiger partial charge in [0.05, 0.1) is 23.5 Å². The summed E-state index contributed by atoms with van der Waals surface area (Å²) in [5.74, 6) is -0.159. The molecule has 4 rings (SSSR count). The Labute approximate surface area is 176 Å². The largest absolute Gasteiger partial charge is 0.324 e. The van der Waals surface area contributed by atoms with E-state index in [1.165, 1.54) is 0 Å². The first-order valence-electron chi connectivity index (χ1n) is 8.97. The van der Waals surface area contributed by atoms with Crippen LogP contribution in [0.5, 0.6) is 0 Å². The van der Waals surface area contributed by atoms with Crippen LogP contribution in [-0.2, 0) is 4.79 Å². The minimum Gasteiger partial charge on any atom is -0.324 e. The molecular weight excluding hydrogens is 432 g/mol. The highest BCUT2D eigenvalue weighted by atomic mass is 79.9. The second-order valence-electron chi connectivity index (χ2n) is 6.47. The van der Waals surface area contributed by atoms with Crippen molar-refractivity contribution in [2.45, 2.75) is 6.42 Å². The van der Waals surface area contributed by atoms with Gasteiger partial charge in [0.2, 0.25) is 5.91 Å². The number of hydrogen-bond donors (Lipinski definition) is 3. The first-order chi connectivity index (χ1) is 14.1. The fourth-order valence-electron chi connectivity index (χ4n) is 2.99. The molecule has 0 saturated carbocycles. The van der Waals surface area contributed by atoms with Crippen LogP contribution in [0.3, 0.4) is 0 Å². The van der Waals surface area contributed by atoms with Gasteiger partial charge in [-0.3, -0.25) is 9.79 Å². The van der Waals surface area contributed by atoms with Gasteiger partial charge in [0.25, 0.3) is 0 Å². The molecule has 0 spiro atoms. The fraction of sp³-hybridized carbons (Fsp3) is 0.0455. The van der Waals surface area contributed by atoms with Crippen LogP contribution in [0.4, 0.5) is 27.5 Å². The normalized spacial score (nSPS) is 12.9. The molecule has 3 N–H and O–H groups in total. The average molecular weight is 449 g/mol. The Morgan fingerprint density at radius 1 is 0.931 bits per heavy atom. The van der Waals surface area contributed by atoms with Crippen LogP contribution in [0.1, 0.15) is 12.0 Å². The minimum absolute atomic E-state index is 0.159. The Bertz CT molecular complexity index is 1110. The van der Waals surface area contributed by atoms with Crippen molar-refractivity contribution < 1.29 is 9.59 Å². The van der Waals surface area contributed by atoms with E-state index in [1.54, 1.807) is 30.3 Å². The van der Waals surface area contributed by atoms with E-state index >= 15 is 0 Å². The summed E-state index contributed by atoms with van der Waals surface area (Å²) in [4.78, 5) is 29.3. The molecule has 0 bridgehead atoms. The van der Waals surface area contributed by atoms with Crippen molar-refractivity contribution in [3.8, 4) is 0 Å². The summed E-state index contributed by atoms with van der Waals surface area (Å²) in [5.41, 5.74) is 4.00. The van der Waals surface area contributed by atoms with Crippen molar-refractivity contribution in [3.05, 3.63) is 82.8 Å². The summed E-state index contributed by atoms with van der Waals surface area (Å²) in [6.07, 6.45) is 0.169. The number of carbonyl (C=O) groups is 2. The van der Waals surface area contributed by atoms with E-state index in [1.807, 2.05) is 42.5 Å². The topological polar surface area (TPSA) is 82.6 Å². The molecule has 0 fully saturated rings. The third kappa shape index (κ3) is 4.70. The van der Waals surface area contributed by atoms with Crippen molar-refractivity contribution in [3.63, 3.8) is 0 Å². The van der Waals surface area contributed by atoms with Gasteiger partial charge < -0.3 is 16.0 Å². The smallest absolute Gasteiger partial charge is 0.323 e. The number of anilines is 3. The van der Waals surface area contributed by atoms with E-state index < -0.39 is 0 Å². The molecule has 0 unspecified atom stereocenters. The van der Waals surface area contributed by atoms with Crippen LogP contribution in [0.25, 0.3) is 0 Å². The number of hydrogen-bond acceptors (Lipinski definition) is 3. The zero-order chi connectivity index (χ0) is 20.2. The molecule has 0 saturated heterocycles. The summed E-state index contributed by atoms with van der Waals surface area (Å²) < 4.78 is 0.923. The first kappa shape index (κ1) is 18.9. The Kier molecular flexibility index (Phi) is 5.39. The summed E-state index contributed by atoms with van der Waals surface area (Å²) in [6.45, 7) is 0. The van der Waals surface area contributed by atoms with Crippen molar-refractivity contribution in [2.75, 3.05) is 16.0 Å². The predicted octanol–water partition coefficient (Wildman–Crippen LogP) is 5.56. The molecule has 1 aliphatic heterocycles. The summed E-state index contributed by atoms with van der Waals surface area (Å²) >= 11 is 3.45. The second-order valence-corrected chi connectivity index (χ2v) is 7.39. The number of nitrogens with zero attached hydrogens (tertiary/aromatic N) is 1. The van der Waals surface area contributed by atoms with Gasteiger partial charge in [-0.1, -0.05) is 46.3 Å². The number of nitrogens with one attached hydrogen (secondary N) is 3. The van der Waals surface area contributed by atoms with Crippen LogP contribution in [0.2, 0.25) is 0 Å². The lowest BCUT2D eigenvalue weighted by molar-refractivity contribution is -0.115. The molecule has 0 atom stereocenters. The zero-order valence-corrected chi connectivity index (χ0v) is 16.9. The number of carbonyl (C=O) groups excluding carboxylic acids is 2. The van der Waals surface area contributed by atoms with Gasteiger partial charge in [0.1, 0.15) is 0 Å². The van der Waals surface area contributed by atoms with E-state index in [0.29, 0.717) is 28.5 Å². The van der Waals surface area contributed by atoms with Crippen molar-refractivity contribution in [1.29, 1.82) is 0 Å². The number of aliphatic imine (C=N–C) groups is 1. The lowest BCUT2D eigenvalue weighted by Gasteiger charge is -2.10. The van der Waals surface area contributed by atoms with Gasteiger partial charge in [-0.2, -0.15) is 0 Å². The highest BCUT2D eigenvalue weighted by Gasteiger charge is 2.18. The van der Waals surface area contributed by atoms with Crippen LogP contribution < -0.4 is 16.0 Å². The molecule has 3 aromatic rings. The van der Waals surface area contributed by atoms with E-state index in [9.17, 15) is 9.59 Å². The molecule has 29 heavy (non-hydrogen) atoms. The predicted molar refractivity (Wildman–Crippen MR) is 119 cm³/mol. The SMILES string of the molecule is O=C1CC(c2cccc(Br)c2)=Nc2ccc(NC(=O)Nc3ccccc3)cc2N1. The number of halogens is 1. The maximum absolute atomic E-state index is 12.4. The zero-order valence-electron chi connectivity index (χ0n) is 15.3. The number of fused-ring (bicyclic) bond motifs is 1. The lowest BCUT2D eigenvalue weighted by atomic mass is 10.1. The molecule has 144 valence electrons. The Morgan fingerprint density at radius 3 is 2.52 bits per heavy atom. The maximum atomic E-state index is 12.4. The molecule has 3 amide bonds. The van der Waals surface area contributed by atoms with Crippen molar-refractivity contribution in [1.82, 2.24) is 0 Å². The Morgan fingerprint density at radius 2 is 1.72 bits per heavy atom. The molecule has 0 aliphatic carbocycles. The number of para-hydroxylation sites is 1. The molecule has 7 heteroatoms. The fourth-order valence-corrected chi connectivity index (χ4v) is 3.39. The van der Waals surface area contributed by atoms with Crippen LogP contribution in [-0.4, -0.2) is 17.6 Å². The standard InChI is InChI=1S/C22H17BrN4O2/c23-15-6-4-5-14(11-15)19-13-21(28)27-20-12-17(9-10-18(20)26-19)25-22(29)24-16-7-2-1-3-8-16/h1-12H,13H2,(H,27,28)(H2,24,25,29). The monoisotopic (exact) mass is 448 g/mol. The highest BCUT2D eigenvalue weighted by molar-refractivity contribution is 9.10. The van der Waals surface area contributed by atoms with Gasteiger partial charge in [0.15, 0.2) is 0 Å². The highest BCUT2D eigenvalue weighted by Crippen LogP contribution is 2.32. The van der Waals surface area contributed by atoms with Crippen molar-refractivity contribution in [2.24, 2.45) is 4.99 Å². The van der Waals surface area contributed by atoms with E-state index in [4.69, 9.17) is 0 Å². The van der Waals surface area contributed by atoms with Gasteiger partial charge in [-0.15, -0.1) is 0 Å². The Hall–Kier alpha value is -3.45. The molecule has 6 nitrogen and oxygen atoms in total. The molecule has 1 aliphatic rings. The maximum Gasteiger partial charge on any atom is 0.323 e. The van der Waals surface area contributed by atoms with Crippen LogP contribution >= 0.6 is 15.9 Å². The van der Waals surface area contributed by atoms with Crippen LogP contribution in [0.15, 0.2) is 82.3 Å². The minimum atomic E-state index is -0.366. The van der Waals surface area contributed by atoms with Crippen LogP contribution in [0, 0.1) is 0 Å². The third-order valence-corrected chi connectivity index (χ3v) is 4.79. The van der Waals surface area contributed by atoms with Gasteiger partial charge in [-0.25, -0.2) is 4.79 Å². The number of benzene rings is 3.